The lowest BCUT2D eigenvalue weighted by Crippen LogP contribution is -2.37. The van der Waals surface area contributed by atoms with E-state index in [1.165, 1.54) is 38.5 Å². The molecule has 5 nitrogen and oxygen atoms in total. The third-order valence-electron chi connectivity index (χ3n) is 7.24. The van der Waals surface area contributed by atoms with Gasteiger partial charge < -0.3 is 9.47 Å². The highest BCUT2D eigenvalue weighted by molar-refractivity contribution is 7.86. The zero-order chi connectivity index (χ0) is 20.3. The Kier molecular flexibility index (Phi) is 6.64. The molecule has 0 N–H and O–H groups in total. The van der Waals surface area contributed by atoms with Crippen LogP contribution < -0.4 is 0 Å². The standard InChI is InChI=1S/C23H34O5S/c1-18-2-8-22(9-3-18)29(24,25)28-15-12-19-4-6-20(7-5-19)21-10-13-23(14-11-21)26-16-17-27-23/h2-3,8-9,19-21H,4-7,10-17H2,1H3. The maximum Gasteiger partial charge on any atom is 0.296 e. The fourth-order valence-corrected chi connectivity index (χ4v) is 6.30. The van der Waals surface area contributed by atoms with Gasteiger partial charge in [0.2, 0.25) is 0 Å². The topological polar surface area (TPSA) is 61.8 Å². The molecule has 1 saturated heterocycles. The van der Waals surface area contributed by atoms with Crippen LogP contribution in [-0.4, -0.2) is 34.0 Å². The lowest BCUT2D eigenvalue weighted by Gasteiger charge is -2.40. The molecule has 3 fully saturated rings. The molecule has 0 radical (unpaired) electrons. The van der Waals surface area contributed by atoms with Crippen LogP contribution in [0, 0.1) is 24.7 Å². The first-order valence-electron chi connectivity index (χ1n) is 11.2. The first kappa shape index (κ1) is 21.3. The van der Waals surface area contributed by atoms with E-state index >= 15 is 0 Å². The van der Waals surface area contributed by atoms with Gasteiger partial charge in [0.15, 0.2) is 5.79 Å². The van der Waals surface area contributed by atoms with Gasteiger partial charge in [0, 0.05) is 12.8 Å². The van der Waals surface area contributed by atoms with E-state index in [0.717, 1.165) is 49.9 Å². The number of benzene rings is 1. The molecule has 2 saturated carbocycles. The fraction of sp³-hybridized carbons (Fsp3) is 0.739. The quantitative estimate of drug-likeness (QED) is 0.615. The molecular weight excluding hydrogens is 388 g/mol. The van der Waals surface area contributed by atoms with Crippen molar-refractivity contribution in [3.05, 3.63) is 29.8 Å². The van der Waals surface area contributed by atoms with E-state index in [1.807, 2.05) is 6.92 Å². The Morgan fingerprint density at radius 1 is 0.931 bits per heavy atom. The Hall–Kier alpha value is -0.950. The van der Waals surface area contributed by atoms with Gasteiger partial charge in [0.25, 0.3) is 10.1 Å². The van der Waals surface area contributed by atoms with Crippen molar-refractivity contribution in [1.29, 1.82) is 0 Å². The third-order valence-corrected chi connectivity index (χ3v) is 8.56. The van der Waals surface area contributed by atoms with Gasteiger partial charge >= 0.3 is 0 Å². The van der Waals surface area contributed by atoms with Gasteiger partial charge in [-0.1, -0.05) is 30.5 Å². The molecular formula is C23H34O5S. The van der Waals surface area contributed by atoms with Gasteiger partial charge in [-0.15, -0.1) is 0 Å². The zero-order valence-electron chi connectivity index (χ0n) is 17.5. The molecule has 1 heterocycles. The second-order valence-corrected chi connectivity index (χ2v) is 10.7. The van der Waals surface area contributed by atoms with Crippen LogP contribution in [0.25, 0.3) is 0 Å². The predicted molar refractivity (Wildman–Crippen MR) is 111 cm³/mol. The third kappa shape index (κ3) is 5.22. The molecule has 4 rings (SSSR count). The van der Waals surface area contributed by atoms with Crippen molar-refractivity contribution in [3.63, 3.8) is 0 Å². The largest absolute Gasteiger partial charge is 0.348 e. The van der Waals surface area contributed by atoms with Gasteiger partial charge in [-0.3, -0.25) is 4.18 Å². The minimum absolute atomic E-state index is 0.247. The first-order valence-corrected chi connectivity index (χ1v) is 12.6. The van der Waals surface area contributed by atoms with Crippen LogP contribution in [0.1, 0.15) is 63.4 Å². The minimum atomic E-state index is -3.64. The molecule has 0 atom stereocenters. The molecule has 0 amide bonds. The highest BCUT2D eigenvalue weighted by atomic mass is 32.2. The van der Waals surface area contributed by atoms with Gasteiger partial charge in [-0.25, -0.2) is 0 Å². The molecule has 2 aliphatic carbocycles. The van der Waals surface area contributed by atoms with Crippen LogP contribution in [0.4, 0.5) is 0 Å². The van der Waals surface area contributed by atoms with Crippen molar-refractivity contribution in [2.45, 2.75) is 75.4 Å². The molecule has 1 aromatic rings. The molecule has 162 valence electrons. The van der Waals surface area contributed by atoms with Gasteiger partial charge in [0.1, 0.15) is 0 Å². The second-order valence-electron chi connectivity index (χ2n) is 9.10. The predicted octanol–water partition coefficient (Wildman–Crippen LogP) is 4.83. The lowest BCUT2D eigenvalue weighted by molar-refractivity contribution is -0.185. The van der Waals surface area contributed by atoms with Crippen molar-refractivity contribution in [3.8, 4) is 0 Å². The van der Waals surface area contributed by atoms with E-state index in [0.29, 0.717) is 5.92 Å². The summed E-state index contributed by atoms with van der Waals surface area (Å²) in [6.45, 7) is 3.72. The smallest absolute Gasteiger partial charge is 0.296 e. The van der Waals surface area contributed by atoms with Gasteiger partial charge in [0.05, 0.1) is 24.7 Å². The highest BCUT2D eigenvalue weighted by Crippen LogP contribution is 2.45. The number of hydrogen-bond acceptors (Lipinski definition) is 5. The van der Waals surface area contributed by atoms with E-state index in [2.05, 4.69) is 0 Å². The lowest BCUT2D eigenvalue weighted by atomic mass is 9.69. The average Bonchev–Trinajstić information content (AvgIpc) is 3.17. The summed E-state index contributed by atoms with van der Waals surface area (Å²) in [5.74, 6) is 1.93. The average molecular weight is 423 g/mol. The maximum absolute atomic E-state index is 12.3. The van der Waals surface area contributed by atoms with E-state index in [4.69, 9.17) is 13.7 Å². The zero-order valence-corrected chi connectivity index (χ0v) is 18.3. The van der Waals surface area contributed by atoms with E-state index < -0.39 is 10.1 Å². The molecule has 29 heavy (non-hydrogen) atoms. The van der Waals surface area contributed by atoms with Crippen LogP contribution in [-0.2, 0) is 23.8 Å². The van der Waals surface area contributed by atoms with Crippen LogP contribution in [0.15, 0.2) is 29.2 Å². The summed E-state index contributed by atoms with van der Waals surface area (Å²) in [5.41, 5.74) is 1.04. The molecule has 1 spiro atoms. The summed E-state index contributed by atoms with van der Waals surface area (Å²) in [6, 6.07) is 6.84. The second kappa shape index (κ2) is 9.04. The Morgan fingerprint density at radius 3 is 2.14 bits per heavy atom. The Morgan fingerprint density at radius 2 is 1.52 bits per heavy atom. The van der Waals surface area contributed by atoms with Crippen LogP contribution in [0.3, 0.4) is 0 Å². The van der Waals surface area contributed by atoms with Crippen LogP contribution in [0.5, 0.6) is 0 Å². The maximum atomic E-state index is 12.3. The summed E-state index contributed by atoms with van der Waals surface area (Å²) in [4.78, 5) is 0.247. The van der Waals surface area contributed by atoms with Crippen molar-refractivity contribution in [2.24, 2.45) is 17.8 Å². The number of aryl methyl sites for hydroxylation is 1. The summed E-state index contributed by atoms with van der Waals surface area (Å²) >= 11 is 0. The fourth-order valence-electron chi connectivity index (χ4n) is 5.38. The molecule has 6 heteroatoms. The summed E-state index contributed by atoms with van der Waals surface area (Å²) in [7, 11) is -3.64. The van der Waals surface area contributed by atoms with Gasteiger partial charge in [-0.2, -0.15) is 8.42 Å². The van der Waals surface area contributed by atoms with Crippen molar-refractivity contribution in [2.75, 3.05) is 19.8 Å². The van der Waals surface area contributed by atoms with Gasteiger partial charge in [-0.05, 0) is 68.9 Å². The minimum Gasteiger partial charge on any atom is -0.348 e. The SMILES string of the molecule is Cc1ccc(S(=O)(=O)OCCC2CCC(C3CCC4(CC3)OCCO4)CC2)cc1. The molecule has 0 aromatic heterocycles. The summed E-state index contributed by atoms with van der Waals surface area (Å²) in [6.07, 6.45) is 10.2. The van der Waals surface area contributed by atoms with Crippen molar-refractivity contribution >= 4 is 10.1 Å². The Balaban J connectivity index is 1.17. The number of hydrogen-bond donors (Lipinski definition) is 0. The molecule has 3 aliphatic rings. The Bertz CT molecular complexity index is 749. The molecule has 0 unspecified atom stereocenters. The van der Waals surface area contributed by atoms with E-state index in [9.17, 15) is 8.42 Å². The van der Waals surface area contributed by atoms with Crippen molar-refractivity contribution < 1.29 is 22.1 Å². The van der Waals surface area contributed by atoms with E-state index in [1.54, 1.807) is 24.3 Å². The van der Waals surface area contributed by atoms with Crippen LogP contribution >= 0.6 is 0 Å². The Labute approximate surface area is 175 Å². The molecule has 1 aromatic carbocycles. The summed E-state index contributed by atoms with van der Waals surface area (Å²) < 4.78 is 41.6. The molecule has 0 bridgehead atoms. The number of ether oxygens (including phenoxy) is 2. The van der Waals surface area contributed by atoms with Crippen LogP contribution in [0.2, 0.25) is 0 Å². The van der Waals surface area contributed by atoms with Crippen molar-refractivity contribution in [1.82, 2.24) is 0 Å². The normalized spacial score (nSPS) is 28.0. The van der Waals surface area contributed by atoms with E-state index in [-0.39, 0.29) is 17.3 Å². The monoisotopic (exact) mass is 422 g/mol. The summed E-state index contributed by atoms with van der Waals surface area (Å²) in [5, 5.41) is 0. The number of rotatable bonds is 6. The molecule has 1 aliphatic heterocycles. The highest BCUT2D eigenvalue weighted by Gasteiger charge is 2.42. The first-order chi connectivity index (χ1) is 14.0.